The molecule has 0 aliphatic carbocycles. The van der Waals surface area contributed by atoms with Crippen LogP contribution in [0.5, 0.6) is 0 Å². The number of hydrogen-bond donors (Lipinski definition) is 1. The molecule has 0 radical (unpaired) electrons. The molecule has 9 heteroatoms. The lowest BCUT2D eigenvalue weighted by atomic mass is 10.3. The highest BCUT2D eigenvalue weighted by atomic mass is 127. The average molecular weight is 460 g/mol. The number of rotatable bonds is 2. The third kappa shape index (κ3) is 2.94. The predicted molar refractivity (Wildman–Crippen MR) is 66.0 cm³/mol. The molecule has 1 aromatic rings. The molecular weight excluding hydrogens is 456 g/mol. The molecule has 1 heterocycles. The Labute approximate surface area is 112 Å². The van der Waals surface area contributed by atoms with E-state index in [2.05, 4.69) is 4.98 Å². The van der Waals surface area contributed by atoms with Crippen molar-refractivity contribution in [2.24, 2.45) is 5.14 Å². The number of nitrogens with two attached hydrogens (primary N) is 1. The van der Waals surface area contributed by atoms with E-state index in [9.17, 15) is 17.2 Å². The van der Waals surface area contributed by atoms with Gasteiger partial charge < -0.3 is 0 Å². The van der Waals surface area contributed by atoms with Gasteiger partial charge in [0.1, 0.15) is 0 Å². The first-order chi connectivity index (χ1) is 6.75. The van der Waals surface area contributed by atoms with Crippen LogP contribution >= 0.6 is 45.2 Å². The Morgan fingerprint density at radius 2 is 1.93 bits per heavy atom. The molecule has 15 heavy (non-hydrogen) atoms. The second kappa shape index (κ2) is 4.71. The van der Waals surface area contributed by atoms with Crippen molar-refractivity contribution in [3.8, 4) is 0 Å². The molecule has 0 bridgehead atoms. The molecule has 4 nitrogen and oxygen atoms in total. The Morgan fingerprint density at radius 1 is 1.40 bits per heavy atom. The summed E-state index contributed by atoms with van der Waals surface area (Å²) >= 11 is 3.16. The van der Waals surface area contributed by atoms with Crippen molar-refractivity contribution >= 4 is 55.2 Å². The van der Waals surface area contributed by atoms with Gasteiger partial charge in [0.25, 0.3) is 16.4 Å². The highest BCUT2D eigenvalue weighted by Crippen LogP contribution is 2.31. The number of aromatic nitrogens is 1. The largest absolute Gasteiger partial charge is 0.266 e. The average Bonchev–Trinajstić information content (AvgIpc) is 2.00. The van der Waals surface area contributed by atoms with Crippen LogP contribution in [0.15, 0.2) is 11.2 Å². The molecular formula is C6H4F2I2N2O2S. The van der Waals surface area contributed by atoms with E-state index in [0.29, 0.717) is 0 Å². The van der Waals surface area contributed by atoms with E-state index in [0.717, 1.165) is 6.20 Å². The molecule has 0 amide bonds. The molecule has 1 aromatic heterocycles. The van der Waals surface area contributed by atoms with Crippen LogP contribution in [0.25, 0.3) is 0 Å². The zero-order valence-electron chi connectivity index (χ0n) is 6.92. The van der Waals surface area contributed by atoms with Gasteiger partial charge in [-0.25, -0.2) is 27.3 Å². The van der Waals surface area contributed by atoms with E-state index in [1.165, 1.54) is 22.6 Å². The van der Waals surface area contributed by atoms with Gasteiger partial charge in [-0.2, -0.15) is 0 Å². The van der Waals surface area contributed by atoms with Crippen LogP contribution in [-0.2, 0) is 10.0 Å². The van der Waals surface area contributed by atoms with Crippen LogP contribution in [0.1, 0.15) is 12.0 Å². The standard InChI is InChI=1S/C6H4F2I2N2O2S/c7-5(8)3-2(9)1-12-6(4(3)10)15(11,13)14/h1,5H,(H2,11,13,14). The lowest BCUT2D eigenvalue weighted by molar-refractivity contribution is 0.149. The molecule has 0 saturated carbocycles. The van der Waals surface area contributed by atoms with Gasteiger partial charge in [-0.05, 0) is 45.2 Å². The first kappa shape index (κ1) is 13.4. The Morgan fingerprint density at radius 3 is 2.33 bits per heavy atom. The lowest BCUT2D eigenvalue weighted by Crippen LogP contribution is -2.17. The molecule has 1 rings (SSSR count). The Bertz CT molecular complexity index is 492. The third-order valence-corrected chi connectivity index (χ3v) is 4.63. The second-order valence-corrected chi connectivity index (χ2v) is 6.20. The minimum Gasteiger partial charge on any atom is -0.241 e. The van der Waals surface area contributed by atoms with Gasteiger partial charge in [-0.1, -0.05) is 0 Å². The van der Waals surface area contributed by atoms with Crippen LogP contribution in [0, 0.1) is 7.14 Å². The van der Waals surface area contributed by atoms with Crippen molar-refractivity contribution in [3.63, 3.8) is 0 Å². The fourth-order valence-electron chi connectivity index (χ4n) is 0.860. The summed E-state index contributed by atoms with van der Waals surface area (Å²) in [5, 5.41) is 4.32. The van der Waals surface area contributed by atoms with Crippen LogP contribution in [0.3, 0.4) is 0 Å². The Kier molecular flexibility index (Phi) is 4.22. The molecule has 0 aromatic carbocycles. The highest BCUT2D eigenvalue weighted by molar-refractivity contribution is 14.1. The van der Waals surface area contributed by atoms with Gasteiger partial charge in [0.05, 0.1) is 3.57 Å². The maximum absolute atomic E-state index is 12.6. The van der Waals surface area contributed by atoms with Crippen molar-refractivity contribution in [1.82, 2.24) is 4.98 Å². The van der Waals surface area contributed by atoms with Gasteiger partial charge in [0, 0.05) is 15.3 Å². The van der Waals surface area contributed by atoms with Crippen molar-refractivity contribution in [3.05, 3.63) is 18.9 Å². The quantitative estimate of drug-likeness (QED) is 0.686. The smallest absolute Gasteiger partial charge is 0.241 e. The summed E-state index contributed by atoms with van der Waals surface area (Å²) < 4.78 is 47.3. The van der Waals surface area contributed by atoms with Gasteiger partial charge in [0.2, 0.25) is 0 Å². The van der Waals surface area contributed by atoms with Gasteiger partial charge >= 0.3 is 0 Å². The van der Waals surface area contributed by atoms with Gasteiger partial charge in [-0.3, -0.25) is 0 Å². The fraction of sp³-hybridized carbons (Fsp3) is 0.167. The molecule has 0 spiro atoms. The van der Waals surface area contributed by atoms with E-state index >= 15 is 0 Å². The summed E-state index contributed by atoms with van der Waals surface area (Å²) in [6, 6.07) is 0. The molecule has 84 valence electrons. The summed E-state index contributed by atoms with van der Waals surface area (Å²) in [6.45, 7) is 0. The summed E-state index contributed by atoms with van der Waals surface area (Å²) in [6.07, 6.45) is -1.70. The van der Waals surface area contributed by atoms with Gasteiger partial charge in [-0.15, -0.1) is 0 Å². The van der Waals surface area contributed by atoms with Crippen molar-refractivity contribution in [1.29, 1.82) is 0 Å². The Hall–Kier alpha value is 0.380. The molecule has 0 aliphatic heterocycles. The van der Waals surface area contributed by atoms with Crippen LogP contribution in [0.4, 0.5) is 8.78 Å². The van der Waals surface area contributed by atoms with Crippen LogP contribution in [-0.4, -0.2) is 13.4 Å². The number of pyridine rings is 1. The number of alkyl halides is 2. The number of primary sulfonamides is 1. The zero-order valence-corrected chi connectivity index (χ0v) is 12.0. The molecule has 0 atom stereocenters. The van der Waals surface area contributed by atoms with Crippen molar-refractivity contribution in [2.45, 2.75) is 11.5 Å². The van der Waals surface area contributed by atoms with E-state index in [1.807, 2.05) is 0 Å². The SMILES string of the molecule is NS(=O)(=O)c1ncc(I)c(C(F)F)c1I. The highest BCUT2D eigenvalue weighted by Gasteiger charge is 2.24. The number of sulfonamides is 1. The lowest BCUT2D eigenvalue weighted by Gasteiger charge is -2.08. The van der Waals surface area contributed by atoms with Crippen LogP contribution in [0.2, 0.25) is 0 Å². The molecule has 2 N–H and O–H groups in total. The maximum Gasteiger partial charge on any atom is 0.266 e. The Balaban J connectivity index is 3.56. The molecule has 0 unspecified atom stereocenters. The van der Waals surface area contributed by atoms with E-state index in [-0.39, 0.29) is 12.7 Å². The van der Waals surface area contributed by atoms with Crippen molar-refractivity contribution in [2.75, 3.05) is 0 Å². The fourth-order valence-corrected chi connectivity index (χ4v) is 4.17. The first-order valence-electron chi connectivity index (χ1n) is 3.40. The summed E-state index contributed by atoms with van der Waals surface area (Å²) in [7, 11) is -4.06. The minimum absolute atomic E-state index is 0.128. The number of nitrogens with zero attached hydrogens (tertiary/aromatic N) is 1. The zero-order chi connectivity index (χ0) is 11.8. The number of halogens is 4. The second-order valence-electron chi connectivity index (χ2n) is 2.48. The maximum atomic E-state index is 12.6. The summed E-state index contributed by atoms with van der Waals surface area (Å²) in [5.41, 5.74) is -0.352. The monoisotopic (exact) mass is 460 g/mol. The molecule has 0 saturated heterocycles. The first-order valence-corrected chi connectivity index (χ1v) is 7.10. The van der Waals surface area contributed by atoms with E-state index in [1.54, 1.807) is 22.6 Å². The third-order valence-electron chi connectivity index (χ3n) is 1.46. The van der Waals surface area contributed by atoms with Gasteiger partial charge in [0.15, 0.2) is 5.03 Å². The summed E-state index contributed by atoms with van der Waals surface area (Å²) in [4.78, 5) is 3.53. The summed E-state index contributed by atoms with van der Waals surface area (Å²) in [5.74, 6) is 0. The minimum atomic E-state index is -4.06. The molecule has 0 fully saturated rings. The van der Waals surface area contributed by atoms with Crippen LogP contribution < -0.4 is 5.14 Å². The van der Waals surface area contributed by atoms with E-state index in [4.69, 9.17) is 5.14 Å². The predicted octanol–water partition coefficient (Wildman–Crippen LogP) is 1.88. The molecule has 0 aliphatic rings. The van der Waals surface area contributed by atoms with Crippen molar-refractivity contribution < 1.29 is 17.2 Å². The normalized spacial score (nSPS) is 12.1. The number of hydrogen-bond acceptors (Lipinski definition) is 3. The topological polar surface area (TPSA) is 73.1 Å². The van der Waals surface area contributed by atoms with E-state index < -0.39 is 21.5 Å².